The predicted octanol–water partition coefficient (Wildman–Crippen LogP) is 4.03. The molecule has 3 nitrogen and oxygen atoms in total. The average molecular weight is 327 g/mol. The quantitative estimate of drug-likeness (QED) is 0.870. The van der Waals surface area contributed by atoms with Crippen LogP contribution in [0.4, 0.5) is 4.39 Å². The van der Waals surface area contributed by atoms with Crippen molar-refractivity contribution < 1.29 is 13.9 Å². The molecule has 0 radical (unpaired) electrons. The van der Waals surface area contributed by atoms with Crippen LogP contribution in [0.25, 0.3) is 0 Å². The van der Waals surface area contributed by atoms with Gasteiger partial charge < -0.3 is 10.1 Å². The fourth-order valence-electron chi connectivity index (χ4n) is 2.88. The van der Waals surface area contributed by atoms with Gasteiger partial charge in [0.2, 0.25) is 5.91 Å². The Balaban J connectivity index is 1.51. The minimum atomic E-state index is -0.224. The van der Waals surface area contributed by atoms with E-state index in [2.05, 4.69) is 5.32 Å². The second-order valence-electron chi connectivity index (χ2n) is 6.50. The van der Waals surface area contributed by atoms with Gasteiger partial charge in [-0.2, -0.15) is 0 Å². The maximum Gasteiger partial charge on any atom is 0.224 e. The van der Waals surface area contributed by atoms with E-state index in [0.29, 0.717) is 18.5 Å². The van der Waals surface area contributed by atoms with Gasteiger partial charge in [0.25, 0.3) is 0 Å². The van der Waals surface area contributed by atoms with Gasteiger partial charge >= 0.3 is 0 Å². The Kier molecular flexibility index (Phi) is 4.84. The molecule has 1 N–H and O–H groups in total. The minimum Gasteiger partial charge on any atom is -0.491 e. The Morgan fingerprint density at radius 3 is 2.58 bits per heavy atom. The molecular weight excluding hydrogens is 305 g/mol. The maximum atomic E-state index is 13.8. The van der Waals surface area contributed by atoms with Crippen molar-refractivity contribution in [3.05, 3.63) is 65.5 Å². The molecule has 0 aliphatic heterocycles. The third kappa shape index (κ3) is 3.94. The highest BCUT2D eigenvalue weighted by Gasteiger charge is 2.44. The summed E-state index contributed by atoms with van der Waals surface area (Å²) in [7, 11) is 0. The summed E-state index contributed by atoms with van der Waals surface area (Å²) in [5.41, 5.74) is 1.66. The Labute approximate surface area is 141 Å². The number of benzene rings is 2. The lowest BCUT2D eigenvalue weighted by molar-refractivity contribution is -0.122. The zero-order chi connectivity index (χ0) is 17.1. The lowest BCUT2D eigenvalue weighted by Gasteiger charge is -2.10. The number of hydrogen-bond donors (Lipinski definition) is 1. The number of ether oxygens (including phenoxy) is 1. The first kappa shape index (κ1) is 16.5. The van der Waals surface area contributed by atoms with Crippen molar-refractivity contribution in [3.8, 4) is 5.75 Å². The molecule has 1 saturated carbocycles. The molecule has 0 bridgehead atoms. The summed E-state index contributed by atoms with van der Waals surface area (Å²) in [6, 6.07) is 14.4. The topological polar surface area (TPSA) is 38.3 Å². The summed E-state index contributed by atoms with van der Waals surface area (Å²) in [5.74, 6) is 0.477. The van der Waals surface area contributed by atoms with E-state index in [-0.39, 0.29) is 29.7 Å². The van der Waals surface area contributed by atoms with E-state index >= 15 is 0 Å². The van der Waals surface area contributed by atoms with Crippen LogP contribution in [0.15, 0.2) is 48.5 Å². The van der Waals surface area contributed by atoms with E-state index < -0.39 is 0 Å². The SMILES string of the molecule is CC(C)Oc1ccc(CNC(=O)C2CC2c2ccccc2F)cc1. The number of carbonyl (C=O) groups is 1. The third-order valence-electron chi connectivity index (χ3n) is 4.19. The molecule has 1 amide bonds. The molecule has 0 heterocycles. The van der Waals surface area contributed by atoms with Gasteiger partial charge in [0.15, 0.2) is 0 Å². The second-order valence-corrected chi connectivity index (χ2v) is 6.50. The minimum absolute atomic E-state index is 0.00742. The lowest BCUT2D eigenvalue weighted by atomic mass is 10.1. The van der Waals surface area contributed by atoms with Gasteiger partial charge in [-0.15, -0.1) is 0 Å². The van der Waals surface area contributed by atoms with E-state index in [1.165, 1.54) is 6.07 Å². The molecule has 3 rings (SSSR count). The van der Waals surface area contributed by atoms with Crippen LogP contribution >= 0.6 is 0 Å². The van der Waals surface area contributed by atoms with Crippen molar-refractivity contribution in [2.45, 2.75) is 38.8 Å². The van der Waals surface area contributed by atoms with Gasteiger partial charge in [-0.25, -0.2) is 4.39 Å². The summed E-state index contributed by atoms with van der Waals surface area (Å²) < 4.78 is 19.3. The van der Waals surface area contributed by atoms with Crippen molar-refractivity contribution >= 4 is 5.91 Å². The van der Waals surface area contributed by atoms with Crippen LogP contribution in [-0.2, 0) is 11.3 Å². The van der Waals surface area contributed by atoms with Gasteiger partial charge in [0.05, 0.1) is 6.10 Å². The summed E-state index contributed by atoms with van der Waals surface area (Å²) in [6.45, 7) is 4.44. The molecule has 24 heavy (non-hydrogen) atoms. The third-order valence-corrected chi connectivity index (χ3v) is 4.19. The highest BCUT2D eigenvalue weighted by atomic mass is 19.1. The van der Waals surface area contributed by atoms with Crippen molar-refractivity contribution in [1.82, 2.24) is 5.32 Å². The van der Waals surface area contributed by atoms with Gasteiger partial charge in [0, 0.05) is 12.5 Å². The molecule has 126 valence electrons. The molecular formula is C20H22FNO2. The van der Waals surface area contributed by atoms with E-state index in [4.69, 9.17) is 4.74 Å². The molecule has 2 atom stereocenters. The average Bonchev–Trinajstić information content (AvgIpc) is 3.34. The molecule has 1 aliphatic carbocycles. The number of rotatable bonds is 6. The molecule has 1 aliphatic rings. The Hall–Kier alpha value is -2.36. The van der Waals surface area contributed by atoms with Gasteiger partial charge in [0.1, 0.15) is 11.6 Å². The molecule has 2 unspecified atom stereocenters. The zero-order valence-corrected chi connectivity index (χ0v) is 14.0. The maximum absolute atomic E-state index is 13.8. The van der Waals surface area contributed by atoms with Crippen molar-refractivity contribution in [1.29, 1.82) is 0 Å². The number of carbonyl (C=O) groups excluding carboxylic acids is 1. The molecule has 4 heteroatoms. The molecule has 0 saturated heterocycles. The number of halogens is 1. The Morgan fingerprint density at radius 1 is 1.21 bits per heavy atom. The van der Waals surface area contributed by atoms with Crippen LogP contribution in [0.5, 0.6) is 5.75 Å². The van der Waals surface area contributed by atoms with Crippen LogP contribution in [-0.4, -0.2) is 12.0 Å². The van der Waals surface area contributed by atoms with Crippen LogP contribution in [0.2, 0.25) is 0 Å². The Morgan fingerprint density at radius 2 is 1.92 bits per heavy atom. The molecule has 0 spiro atoms. The fourth-order valence-corrected chi connectivity index (χ4v) is 2.88. The normalized spacial score (nSPS) is 19.2. The van der Waals surface area contributed by atoms with Crippen LogP contribution in [0.3, 0.4) is 0 Å². The van der Waals surface area contributed by atoms with E-state index in [1.54, 1.807) is 12.1 Å². The standard InChI is InChI=1S/C20H22FNO2/c1-13(2)24-15-9-7-14(8-10-15)12-22-20(23)18-11-17(18)16-5-3-4-6-19(16)21/h3-10,13,17-18H,11-12H2,1-2H3,(H,22,23). The number of nitrogens with one attached hydrogen (secondary N) is 1. The summed E-state index contributed by atoms with van der Waals surface area (Å²) in [4.78, 5) is 12.2. The monoisotopic (exact) mass is 327 g/mol. The highest BCUT2D eigenvalue weighted by molar-refractivity contribution is 5.82. The summed E-state index contributed by atoms with van der Waals surface area (Å²) in [5, 5.41) is 2.94. The van der Waals surface area contributed by atoms with Gasteiger partial charge in [-0.3, -0.25) is 4.79 Å². The fraction of sp³-hybridized carbons (Fsp3) is 0.350. The van der Waals surface area contributed by atoms with Gasteiger partial charge in [-0.05, 0) is 55.5 Å². The number of hydrogen-bond acceptors (Lipinski definition) is 2. The summed E-state index contributed by atoms with van der Waals surface area (Å²) in [6.07, 6.45) is 0.856. The highest BCUT2D eigenvalue weighted by Crippen LogP contribution is 2.48. The number of amides is 1. The van der Waals surface area contributed by atoms with E-state index in [0.717, 1.165) is 11.3 Å². The van der Waals surface area contributed by atoms with Crippen molar-refractivity contribution in [2.24, 2.45) is 5.92 Å². The second kappa shape index (κ2) is 7.04. The largest absolute Gasteiger partial charge is 0.491 e. The first-order valence-electron chi connectivity index (χ1n) is 8.32. The van der Waals surface area contributed by atoms with Crippen LogP contribution < -0.4 is 10.1 Å². The zero-order valence-electron chi connectivity index (χ0n) is 14.0. The van der Waals surface area contributed by atoms with Gasteiger partial charge in [-0.1, -0.05) is 30.3 Å². The van der Waals surface area contributed by atoms with E-state index in [9.17, 15) is 9.18 Å². The molecule has 2 aromatic carbocycles. The van der Waals surface area contributed by atoms with Crippen molar-refractivity contribution in [3.63, 3.8) is 0 Å². The lowest BCUT2D eigenvalue weighted by Crippen LogP contribution is -2.24. The van der Waals surface area contributed by atoms with E-state index in [1.807, 2.05) is 44.2 Å². The van der Waals surface area contributed by atoms with Crippen molar-refractivity contribution in [2.75, 3.05) is 0 Å². The Bertz CT molecular complexity index is 712. The smallest absolute Gasteiger partial charge is 0.224 e. The summed E-state index contributed by atoms with van der Waals surface area (Å²) >= 11 is 0. The first-order valence-corrected chi connectivity index (χ1v) is 8.32. The molecule has 0 aromatic heterocycles. The first-order chi connectivity index (χ1) is 11.5. The van der Waals surface area contributed by atoms with Crippen LogP contribution in [0, 0.1) is 11.7 Å². The molecule has 1 fully saturated rings. The van der Waals surface area contributed by atoms with Crippen LogP contribution in [0.1, 0.15) is 37.3 Å². The predicted molar refractivity (Wildman–Crippen MR) is 91.3 cm³/mol. The molecule has 2 aromatic rings.